The van der Waals surface area contributed by atoms with Crippen molar-refractivity contribution < 1.29 is 14.6 Å². The molecule has 1 aliphatic rings. The number of ether oxygens (including phenoxy) is 1. The van der Waals surface area contributed by atoms with Crippen LogP contribution in [-0.2, 0) is 9.53 Å². The molecule has 0 fully saturated rings. The van der Waals surface area contributed by atoms with Crippen LogP contribution in [0.15, 0.2) is 24.3 Å². The fourth-order valence-electron chi connectivity index (χ4n) is 1.39. The highest BCUT2D eigenvalue weighted by Gasteiger charge is 2.37. The van der Waals surface area contributed by atoms with Gasteiger partial charge in [0.05, 0.1) is 12.0 Å². The first kappa shape index (κ1) is 11.0. The molecule has 0 aromatic carbocycles. The van der Waals surface area contributed by atoms with Crippen molar-refractivity contribution in [1.82, 2.24) is 0 Å². The van der Waals surface area contributed by atoms with E-state index >= 15 is 0 Å². The summed E-state index contributed by atoms with van der Waals surface area (Å²) in [5, 5.41) is 8.55. The molecule has 0 aromatic heterocycles. The van der Waals surface area contributed by atoms with Crippen LogP contribution in [0, 0.1) is 11.3 Å². The van der Waals surface area contributed by atoms with Gasteiger partial charge >= 0.3 is 5.97 Å². The number of hydrogen-bond acceptors (Lipinski definition) is 3. The Hall–Kier alpha value is -1.09. The third-order valence-corrected chi connectivity index (χ3v) is 2.66. The van der Waals surface area contributed by atoms with Crippen LogP contribution in [-0.4, -0.2) is 24.3 Å². The molecule has 0 saturated carbocycles. The lowest BCUT2D eigenvalue weighted by atomic mass is 9.75. The summed E-state index contributed by atoms with van der Waals surface area (Å²) >= 11 is 0. The van der Waals surface area contributed by atoms with E-state index in [4.69, 9.17) is 9.84 Å². The molecule has 2 unspecified atom stereocenters. The maximum absolute atomic E-state index is 11.7. The zero-order valence-corrected chi connectivity index (χ0v) is 8.56. The number of carbonyl (C=O) groups is 1. The second-order valence-corrected chi connectivity index (χ2v) is 3.67. The van der Waals surface area contributed by atoms with Crippen LogP contribution in [0.3, 0.4) is 0 Å². The second kappa shape index (κ2) is 4.42. The molecule has 0 radical (unpaired) electrons. The van der Waals surface area contributed by atoms with Crippen LogP contribution in [0.5, 0.6) is 0 Å². The van der Waals surface area contributed by atoms with Gasteiger partial charge in [-0.2, -0.15) is 0 Å². The van der Waals surface area contributed by atoms with Crippen LogP contribution in [0.25, 0.3) is 0 Å². The summed E-state index contributed by atoms with van der Waals surface area (Å²) in [6.07, 6.45) is 7.59. The lowest BCUT2D eigenvalue weighted by Gasteiger charge is -2.30. The number of carbonyl (C=O) groups excluding carboxylic acids is 1. The van der Waals surface area contributed by atoms with E-state index in [1.165, 1.54) is 0 Å². The smallest absolute Gasteiger partial charge is 0.316 e. The fraction of sp³-hybridized carbons (Fsp3) is 0.545. The first-order valence-corrected chi connectivity index (χ1v) is 4.75. The van der Waals surface area contributed by atoms with E-state index in [-0.39, 0.29) is 25.1 Å². The van der Waals surface area contributed by atoms with Crippen LogP contribution >= 0.6 is 0 Å². The van der Waals surface area contributed by atoms with Gasteiger partial charge < -0.3 is 9.84 Å². The number of hydrogen-bond donors (Lipinski definition) is 1. The minimum atomic E-state index is -0.593. The molecule has 1 aliphatic carbocycles. The highest BCUT2D eigenvalue weighted by molar-refractivity contribution is 5.79. The molecule has 0 aromatic rings. The number of rotatable bonds is 3. The Morgan fingerprint density at radius 1 is 1.57 bits per heavy atom. The van der Waals surface area contributed by atoms with E-state index < -0.39 is 5.41 Å². The molecule has 3 heteroatoms. The average Bonchev–Trinajstić information content (AvgIpc) is 2.19. The summed E-state index contributed by atoms with van der Waals surface area (Å²) in [7, 11) is 0. The van der Waals surface area contributed by atoms with E-state index in [1.54, 1.807) is 0 Å². The van der Waals surface area contributed by atoms with Gasteiger partial charge in [-0.15, -0.1) is 0 Å². The number of esters is 1. The van der Waals surface area contributed by atoms with Gasteiger partial charge in [0.1, 0.15) is 6.61 Å². The minimum absolute atomic E-state index is 0.0682. The van der Waals surface area contributed by atoms with Crippen molar-refractivity contribution >= 4 is 5.97 Å². The average molecular weight is 196 g/mol. The molecule has 3 nitrogen and oxygen atoms in total. The lowest BCUT2D eigenvalue weighted by Crippen LogP contribution is -2.35. The summed E-state index contributed by atoms with van der Waals surface area (Å²) in [5.41, 5.74) is -0.593. The molecule has 14 heavy (non-hydrogen) atoms. The fourth-order valence-corrected chi connectivity index (χ4v) is 1.39. The molecule has 0 spiro atoms. The number of aliphatic hydroxyl groups excluding tert-OH is 1. The van der Waals surface area contributed by atoms with Crippen molar-refractivity contribution in [2.75, 3.05) is 13.2 Å². The predicted molar refractivity (Wildman–Crippen MR) is 53.6 cm³/mol. The van der Waals surface area contributed by atoms with Crippen LogP contribution in [0.4, 0.5) is 0 Å². The second-order valence-electron chi connectivity index (χ2n) is 3.67. The monoisotopic (exact) mass is 196 g/mol. The summed E-state index contributed by atoms with van der Waals surface area (Å²) in [4.78, 5) is 11.7. The summed E-state index contributed by atoms with van der Waals surface area (Å²) < 4.78 is 4.93. The predicted octanol–water partition coefficient (Wildman–Crippen LogP) is 1.29. The Balaban J connectivity index is 2.69. The molecule has 2 atom stereocenters. The van der Waals surface area contributed by atoms with E-state index in [0.29, 0.717) is 0 Å². The highest BCUT2D eigenvalue weighted by atomic mass is 16.5. The van der Waals surface area contributed by atoms with Gasteiger partial charge in [0.2, 0.25) is 0 Å². The molecule has 1 rings (SSSR count). The van der Waals surface area contributed by atoms with Gasteiger partial charge in [0.25, 0.3) is 0 Å². The van der Waals surface area contributed by atoms with Crippen molar-refractivity contribution in [3.63, 3.8) is 0 Å². The zero-order valence-electron chi connectivity index (χ0n) is 8.56. The van der Waals surface area contributed by atoms with Gasteiger partial charge in [-0.1, -0.05) is 31.2 Å². The molecular formula is C11H16O3. The summed E-state index contributed by atoms with van der Waals surface area (Å²) in [5.74, 6) is -0.154. The first-order chi connectivity index (χ1) is 6.61. The molecule has 0 bridgehead atoms. The molecule has 0 saturated heterocycles. The minimum Gasteiger partial charge on any atom is -0.463 e. The maximum Gasteiger partial charge on any atom is 0.316 e. The van der Waals surface area contributed by atoms with E-state index in [1.807, 2.05) is 38.2 Å². The first-order valence-electron chi connectivity index (χ1n) is 4.75. The van der Waals surface area contributed by atoms with Crippen LogP contribution < -0.4 is 0 Å². The van der Waals surface area contributed by atoms with E-state index in [0.717, 1.165) is 0 Å². The van der Waals surface area contributed by atoms with E-state index in [9.17, 15) is 4.79 Å². The van der Waals surface area contributed by atoms with Gasteiger partial charge in [-0.05, 0) is 12.8 Å². The van der Waals surface area contributed by atoms with Crippen molar-refractivity contribution in [2.24, 2.45) is 11.3 Å². The van der Waals surface area contributed by atoms with Crippen molar-refractivity contribution in [2.45, 2.75) is 13.8 Å². The Bertz CT molecular complexity index is 268. The molecule has 78 valence electrons. The summed E-state index contributed by atoms with van der Waals surface area (Å²) in [6.45, 7) is 3.76. The molecule has 0 heterocycles. The Morgan fingerprint density at radius 2 is 2.29 bits per heavy atom. The van der Waals surface area contributed by atoms with Crippen LogP contribution in [0.2, 0.25) is 0 Å². The van der Waals surface area contributed by atoms with Gasteiger partial charge in [0, 0.05) is 0 Å². The topological polar surface area (TPSA) is 46.5 Å². The highest BCUT2D eigenvalue weighted by Crippen LogP contribution is 2.34. The third-order valence-electron chi connectivity index (χ3n) is 2.66. The number of aliphatic hydroxyl groups is 1. The largest absolute Gasteiger partial charge is 0.463 e. The molecule has 1 N–H and O–H groups in total. The van der Waals surface area contributed by atoms with Gasteiger partial charge in [-0.25, -0.2) is 0 Å². The van der Waals surface area contributed by atoms with Crippen LogP contribution in [0.1, 0.15) is 13.8 Å². The number of allylic oxidation sites excluding steroid dienone is 3. The van der Waals surface area contributed by atoms with Gasteiger partial charge in [-0.3, -0.25) is 4.79 Å². The zero-order chi connectivity index (χ0) is 10.6. The lowest BCUT2D eigenvalue weighted by molar-refractivity contribution is -0.154. The standard InChI is InChI=1S/C11H16O3/c1-9-5-3-4-6-11(9,2)10(13)14-8-7-12/h3-6,9,12H,7-8H2,1-2H3. The Morgan fingerprint density at radius 3 is 2.86 bits per heavy atom. The molecular weight excluding hydrogens is 180 g/mol. The third kappa shape index (κ3) is 2.04. The summed E-state index contributed by atoms with van der Waals surface area (Å²) in [6, 6.07) is 0. The van der Waals surface area contributed by atoms with E-state index in [2.05, 4.69) is 0 Å². The molecule has 0 aliphatic heterocycles. The van der Waals surface area contributed by atoms with Crippen molar-refractivity contribution in [3.05, 3.63) is 24.3 Å². The SMILES string of the molecule is CC1C=CC=CC1(C)C(=O)OCCO. The quantitative estimate of drug-likeness (QED) is 0.692. The molecule has 0 amide bonds. The van der Waals surface area contributed by atoms with Crippen molar-refractivity contribution in [3.8, 4) is 0 Å². The maximum atomic E-state index is 11.7. The normalized spacial score (nSPS) is 30.4. The Labute approximate surface area is 84.1 Å². The van der Waals surface area contributed by atoms with Crippen molar-refractivity contribution in [1.29, 1.82) is 0 Å². The Kier molecular flexibility index (Phi) is 3.47. The van der Waals surface area contributed by atoms with Gasteiger partial charge in [0.15, 0.2) is 0 Å².